The van der Waals surface area contributed by atoms with Crippen LogP contribution in [0.4, 0.5) is 0 Å². The number of aromatic amines is 1. The molecule has 2 aliphatic rings. The lowest BCUT2D eigenvalue weighted by Crippen LogP contribution is -2.33. The van der Waals surface area contributed by atoms with Crippen LogP contribution < -0.4 is 10.9 Å². The number of aromatic nitrogens is 1. The first-order chi connectivity index (χ1) is 14.1. The molecule has 0 saturated carbocycles. The standard InChI is InChI=1S/C24H26N2O3/c27-21-7-5-19(20-6-8-23(29)26-24(20)21)22(28)13-25-18-11-16-9-14-3-1-2-4-15(14)10-17(16)12-18/h5-10,18,22,25,27-28H,1-4,11-13H2,(H,26,29)/t22-/m1/s1. The van der Waals surface area contributed by atoms with E-state index >= 15 is 0 Å². The zero-order valence-corrected chi connectivity index (χ0v) is 16.4. The van der Waals surface area contributed by atoms with E-state index in [1.54, 1.807) is 12.1 Å². The smallest absolute Gasteiger partial charge is 0.248 e. The van der Waals surface area contributed by atoms with Crippen molar-refractivity contribution in [2.75, 3.05) is 6.54 Å². The minimum absolute atomic E-state index is 0.0109. The van der Waals surface area contributed by atoms with Gasteiger partial charge in [0.25, 0.3) is 0 Å². The van der Waals surface area contributed by atoms with Gasteiger partial charge in [-0.1, -0.05) is 18.2 Å². The lowest BCUT2D eigenvalue weighted by Gasteiger charge is -2.18. The number of rotatable bonds is 4. The molecule has 150 valence electrons. The van der Waals surface area contributed by atoms with E-state index < -0.39 is 6.10 Å². The molecule has 0 aliphatic heterocycles. The van der Waals surface area contributed by atoms with Gasteiger partial charge in [-0.15, -0.1) is 0 Å². The zero-order valence-electron chi connectivity index (χ0n) is 16.4. The Kier molecular flexibility index (Phi) is 4.64. The Hall–Kier alpha value is -2.63. The summed E-state index contributed by atoms with van der Waals surface area (Å²) in [6.45, 7) is 0.428. The van der Waals surface area contributed by atoms with E-state index in [1.165, 1.54) is 60.1 Å². The summed E-state index contributed by atoms with van der Waals surface area (Å²) in [7, 11) is 0. The molecule has 0 saturated heterocycles. The number of phenolic OH excluding ortho intramolecular Hbond substituents is 1. The molecular formula is C24H26N2O3. The number of aryl methyl sites for hydroxylation is 2. The van der Waals surface area contributed by atoms with Gasteiger partial charge in [0.1, 0.15) is 5.75 Å². The third kappa shape index (κ3) is 3.45. The van der Waals surface area contributed by atoms with Crippen molar-refractivity contribution in [2.24, 2.45) is 0 Å². The number of phenols is 1. The predicted octanol–water partition coefficient (Wildman–Crippen LogP) is 2.90. The molecule has 5 rings (SSSR count). The predicted molar refractivity (Wildman–Crippen MR) is 113 cm³/mol. The van der Waals surface area contributed by atoms with Gasteiger partial charge in [0.2, 0.25) is 5.56 Å². The molecule has 0 spiro atoms. The largest absolute Gasteiger partial charge is 0.506 e. The van der Waals surface area contributed by atoms with Crippen molar-refractivity contribution in [3.63, 3.8) is 0 Å². The minimum atomic E-state index is -0.721. The maximum absolute atomic E-state index is 11.6. The number of fused-ring (bicyclic) bond motifs is 3. The van der Waals surface area contributed by atoms with E-state index in [4.69, 9.17) is 0 Å². The second-order valence-electron chi connectivity index (χ2n) is 8.41. The molecule has 0 fully saturated rings. The number of benzene rings is 2. The number of hydrogen-bond acceptors (Lipinski definition) is 4. The van der Waals surface area contributed by atoms with Crippen LogP contribution in [-0.4, -0.2) is 27.8 Å². The van der Waals surface area contributed by atoms with Gasteiger partial charge >= 0.3 is 0 Å². The monoisotopic (exact) mass is 390 g/mol. The summed E-state index contributed by atoms with van der Waals surface area (Å²) >= 11 is 0. The third-order valence-corrected chi connectivity index (χ3v) is 6.46. The van der Waals surface area contributed by atoms with Crippen LogP contribution in [0.2, 0.25) is 0 Å². The van der Waals surface area contributed by atoms with Crippen molar-refractivity contribution >= 4 is 10.9 Å². The van der Waals surface area contributed by atoms with Crippen molar-refractivity contribution in [2.45, 2.75) is 50.7 Å². The Morgan fingerprint density at radius 3 is 2.38 bits per heavy atom. The van der Waals surface area contributed by atoms with Gasteiger partial charge in [-0.05, 0) is 78.5 Å². The Balaban J connectivity index is 1.30. The van der Waals surface area contributed by atoms with Crippen molar-refractivity contribution in [1.82, 2.24) is 10.3 Å². The number of aromatic hydroxyl groups is 1. The van der Waals surface area contributed by atoms with Crippen LogP contribution in [0.25, 0.3) is 10.9 Å². The number of nitrogens with one attached hydrogen (secondary N) is 2. The lowest BCUT2D eigenvalue weighted by molar-refractivity contribution is 0.171. The summed E-state index contributed by atoms with van der Waals surface area (Å²) in [5.41, 5.74) is 6.75. The van der Waals surface area contributed by atoms with Gasteiger partial charge in [-0.3, -0.25) is 4.79 Å². The molecule has 29 heavy (non-hydrogen) atoms. The van der Waals surface area contributed by atoms with Crippen LogP contribution in [0, 0.1) is 0 Å². The van der Waals surface area contributed by atoms with E-state index in [2.05, 4.69) is 22.4 Å². The van der Waals surface area contributed by atoms with Crippen LogP contribution in [0.1, 0.15) is 46.8 Å². The first-order valence-corrected chi connectivity index (χ1v) is 10.5. The van der Waals surface area contributed by atoms with E-state index in [-0.39, 0.29) is 11.3 Å². The van der Waals surface area contributed by atoms with Crippen LogP contribution in [0.15, 0.2) is 41.2 Å². The highest BCUT2D eigenvalue weighted by Crippen LogP contribution is 2.31. The molecule has 0 radical (unpaired) electrons. The topological polar surface area (TPSA) is 85.3 Å². The quantitative estimate of drug-likeness (QED) is 0.552. The zero-order chi connectivity index (χ0) is 20.0. The summed E-state index contributed by atoms with van der Waals surface area (Å²) < 4.78 is 0. The number of pyridine rings is 1. The Morgan fingerprint density at radius 2 is 1.69 bits per heavy atom. The molecular weight excluding hydrogens is 364 g/mol. The normalized spacial score (nSPS) is 17.3. The maximum Gasteiger partial charge on any atom is 0.248 e. The highest BCUT2D eigenvalue weighted by Gasteiger charge is 2.24. The fourth-order valence-electron chi connectivity index (χ4n) is 4.95. The molecule has 1 atom stereocenters. The third-order valence-electron chi connectivity index (χ3n) is 6.46. The van der Waals surface area contributed by atoms with E-state index in [0.29, 0.717) is 29.1 Å². The average molecular weight is 390 g/mol. The Labute approximate surface area is 169 Å². The van der Waals surface area contributed by atoms with Gasteiger partial charge in [-0.25, -0.2) is 0 Å². The second-order valence-corrected chi connectivity index (χ2v) is 8.41. The van der Waals surface area contributed by atoms with E-state index in [0.717, 1.165) is 12.8 Å². The summed E-state index contributed by atoms with van der Waals surface area (Å²) in [5, 5.41) is 25.0. The molecule has 0 amide bonds. The fraction of sp³-hybridized carbons (Fsp3) is 0.375. The Bertz CT molecular complexity index is 1100. The van der Waals surface area contributed by atoms with Gasteiger partial charge < -0.3 is 20.5 Å². The summed E-state index contributed by atoms with van der Waals surface area (Å²) in [6, 6.07) is 11.5. The summed E-state index contributed by atoms with van der Waals surface area (Å²) in [6.07, 6.45) is 6.28. The van der Waals surface area contributed by atoms with Gasteiger partial charge in [0.05, 0.1) is 11.6 Å². The lowest BCUT2D eigenvalue weighted by atomic mass is 9.89. The molecule has 4 N–H and O–H groups in total. The highest BCUT2D eigenvalue weighted by molar-refractivity contribution is 5.87. The SMILES string of the molecule is O=c1ccc2c([C@H](O)CNC3Cc4cc5c(cc4C3)CCCC5)ccc(O)c2[nH]1. The minimum Gasteiger partial charge on any atom is -0.506 e. The molecule has 5 nitrogen and oxygen atoms in total. The van der Waals surface area contributed by atoms with Crippen molar-refractivity contribution < 1.29 is 10.2 Å². The fourth-order valence-corrected chi connectivity index (χ4v) is 4.95. The Morgan fingerprint density at radius 1 is 1.00 bits per heavy atom. The van der Waals surface area contributed by atoms with E-state index in [9.17, 15) is 15.0 Å². The molecule has 3 aromatic rings. The molecule has 0 bridgehead atoms. The van der Waals surface area contributed by atoms with Crippen molar-refractivity contribution in [3.8, 4) is 5.75 Å². The number of aliphatic hydroxyl groups excluding tert-OH is 1. The van der Waals surface area contributed by atoms with E-state index in [1.807, 2.05) is 0 Å². The molecule has 2 aliphatic carbocycles. The van der Waals surface area contributed by atoms with Crippen LogP contribution in [-0.2, 0) is 25.7 Å². The van der Waals surface area contributed by atoms with Gasteiger partial charge in [0.15, 0.2) is 0 Å². The van der Waals surface area contributed by atoms with Gasteiger partial charge in [-0.2, -0.15) is 0 Å². The second kappa shape index (κ2) is 7.32. The molecule has 2 aromatic carbocycles. The number of aliphatic hydroxyl groups is 1. The van der Waals surface area contributed by atoms with Crippen molar-refractivity contribution in [3.05, 3.63) is 74.6 Å². The number of hydrogen-bond donors (Lipinski definition) is 4. The molecule has 1 heterocycles. The summed E-state index contributed by atoms with van der Waals surface area (Å²) in [5.74, 6) is 0.0109. The van der Waals surface area contributed by atoms with Crippen LogP contribution in [0.3, 0.4) is 0 Å². The maximum atomic E-state index is 11.6. The highest BCUT2D eigenvalue weighted by atomic mass is 16.3. The van der Waals surface area contributed by atoms with Crippen LogP contribution >= 0.6 is 0 Å². The molecule has 0 unspecified atom stereocenters. The van der Waals surface area contributed by atoms with Crippen LogP contribution in [0.5, 0.6) is 5.75 Å². The first-order valence-electron chi connectivity index (χ1n) is 10.5. The average Bonchev–Trinajstić information content (AvgIpc) is 3.12. The molecule has 5 heteroatoms. The molecule has 1 aromatic heterocycles. The first kappa shape index (κ1) is 18.4. The number of H-pyrrole nitrogens is 1. The van der Waals surface area contributed by atoms with Crippen molar-refractivity contribution in [1.29, 1.82) is 0 Å². The van der Waals surface area contributed by atoms with Gasteiger partial charge in [0, 0.05) is 24.0 Å². The summed E-state index contributed by atoms with van der Waals surface area (Å²) in [4.78, 5) is 14.2.